The summed E-state index contributed by atoms with van der Waals surface area (Å²) in [5, 5.41) is 0.325. The second-order valence-electron chi connectivity index (χ2n) is 3.11. The zero-order valence-electron chi connectivity index (χ0n) is 8.84. The highest BCUT2D eigenvalue weighted by molar-refractivity contribution is 6.46. The molecule has 1 aromatic heterocycles. The second-order valence-corrected chi connectivity index (χ2v) is 4.23. The van der Waals surface area contributed by atoms with Gasteiger partial charge in [0, 0.05) is 14.1 Å². The van der Waals surface area contributed by atoms with Gasteiger partial charge in [0.2, 0.25) is 0 Å². The Labute approximate surface area is 108 Å². The first kappa shape index (κ1) is 13.4. The van der Waals surface area contributed by atoms with Crippen molar-refractivity contribution in [3.63, 3.8) is 0 Å². The fourth-order valence-electron chi connectivity index (χ4n) is 1.13. The molecular formula is C9H9Cl3N2O2. The van der Waals surface area contributed by atoms with E-state index in [1.54, 1.807) is 19.0 Å². The van der Waals surface area contributed by atoms with Crippen LogP contribution >= 0.6 is 34.8 Å². The molecule has 0 aliphatic rings. The van der Waals surface area contributed by atoms with Crippen molar-refractivity contribution in [2.24, 2.45) is 0 Å². The molecule has 16 heavy (non-hydrogen) atoms. The van der Waals surface area contributed by atoms with Crippen molar-refractivity contribution < 1.29 is 9.53 Å². The smallest absolute Gasteiger partial charge is 0.358 e. The summed E-state index contributed by atoms with van der Waals surface area (Å²) < 4.78 is 4.54. The molecule has 0 aliphatic heterocycles. The molecule has 0 radical (unpaired) electrons. The zero-order chi connectivity index (χ0) is 12.5. The van der Waals surface area contributed by atoms with E-state index in [1.807, 2.05) is 0 Å². The average Bonchev–Trinajstić information content (AvgIpc) is 2.22. The van der Waals surface area contributed by atoms with E-state index in [0.29, 0.717) is 5.69 Å². The number of carbonyl (C=O) groups is 1. The van der Waals surface area contributed by atoms with Crippen LogP contribution in [0.5, 0.6) is 0 Å². The number of pyridine rings is 1. The fourth-order valence-corrected chi connectivity index (χ4v) is 2.04. The van der Waals surface area contributed by atoms with Crippen molar-refractivity contribution in [1.29, 1.82) is 0 Å². The zero-order valence-corrected chi connectivity index (χ0v) is 11.1. The Kier molecular flexibility index (Phi) is 4.24. The minimum absolute atomic E-state index is 0.00941. The largest absolute Gasteiger partial charge is 0.464 e. The van der Waals surface area contributed by atoms with Crippen LogP contribution in [-0.2, 0) is 4.74 Å². The first-order valence-corrected chi connectivity index (χ1v) is 5.33. The molecule has 1 aromatic rings. The summed E-state index contributed by atoms with van der Waals surface area (Å²) in [6.45, 7) is 0. The van der Waals surface area contributed by atoms with Crippen molar-refractivity contribution in [2.75, 3.05) is 26.1 Å². The lowest BCUT2D eigenvalue weighted by Gasteiger charge is -2.18. The molecule has 0 atom stereocenters. The molecule has 0 spiro atoms. The molecule has 88 valence electrons. The van der Waals surface area contributed by atoms with Gasteiger partial charge in [0.1, 0.15) is 5.02 Å². The van der Waals surface area contributed by atoms with E-state index in [-0.39, 0.29) is 20.9 Å². The van der Waals surface area contributed by atoms with Gasteiger partial charge in [-0.2, -0.15) is 0 Å². The molecule has 7 heteroatoms. The number of hydrogen-bond donors (Lipinski definition) is 0. The maximum Gasteiger partial charge on any atom is 0.358 e. The SMILES string of the molecule is COC(=O)c1nc(Cl)c(Cl)c(N(C)C)c1Cl. The highest BCUT2D eigenvalue weighted by atomic mass is 35.5. The summed E-state index contributed by atoms with van der Waals surface area (Å²) in [4.78, 5) is 16.8. The number of anilines is 1. The standard InChI is InChI=1S/C9H9Cl3N2O2/c1-14(2)7-4(10)6(9(15)16-3)13-8(12)5(7)11/h1-3H3. The average molecular weight is 284 g/mol. The van der Waals surface area contributed by atoms with E-state index < -0.39 is 5.97 Å². The highest BCUT2D eigenvalue weighted by Crippen LogP contribution is 2.38. The minimum atomic E-state index is -0.660. The van der Waals surface area contributed by atoms with Crippen molar-refractivity contribution in [3.8, 4) is 0 Å². The third-order valence-corrected chi connectivity index (χ3v) is 2.93. The summed E-state index contributed by atoms with van der Waals surface area (Å²) in [6, 6.07) is 0. The van der Waals surface area contributed by atoms with E-state index in [4.69, 9.17) is 34.8 Å². The van der Waals surface area contributed by atoms with Gasteiger partial charge in [-0.3, -0.25) is 0 Å². The number of carbonyl (C=O) groups excluding carboxylic acids is 1. The van der Waals surface area contributed by atoms with Gasteiger partial charge in [-0.15, -0.1) is 0 Å². The topological polar surface area (TPSA) is 42.4 Å². The minimum Gasteiger partial charge on any atom is -0.464 e. The Morgan fingerprint density at radius 1 is 1.25 bits per heavy atom. The van der Waals surface area contributed by atoms with Crippen LogP contribution in [0.25, 0.3) is 0 Å². The maximum absolute atomic E-state index is 11.4. The van der Waals surface area contributed by atoms with Crippen molar-refractivity contribution in [3.05, 3.63) is 20.9 Å². The van der Waals surface area contributed by atoms with E-state index >= 15 is 0 Å². The molecule has 0 aliphatic carbocycles. The van der Waals surface area contributed by atoms with Gasteiger partial charge in [-0.1, -0.05) is 34.8 Å². The van der Waals surface area contributed by atoms with E-state index in [0.717, 1.165) is 0 Å². The van der Waals surface area contributed by atoms with Crippen molar-refractivity contribution >= 4 is 46.5 Å². The normalized spacial score (nSPS) is 10.1. The molecule has 0 aromatic carbocycles. The molecule has 0 saturated heterocycles. The Morgan fingerprint density at radius 3 is 2.25 bits per heavy atom. The van der Waals surface area contributed by atoms with E-state index in [9.17, 15) is 4.79 Å². The Balaban J connectivity index is 3.50. The Bertz CT molecular complexity index is 435. The van der Waals surface area contributed by atoms with Crippen LogP contribution in [-0.4, -0.2) is 32.2 Å². The fraction of sp³-hybridized carbons (Fsp3) is 0.333. The van der Waals surface area contributed by atoms with E-state index in [2.05, 4.69) is 9.72 Å². The molecule has 0 unspecified atom stereocenters. The van der Waals surface area contributed by atoms with Gasteiger partial charge < -0.3 is 9.64 Å². The summed E-state index contributed by atoms with van der Waals surface area (Å²) in [5.74, 6) is -0.660. The lowest BCUT2D eigenvalue weighted by molar-refractivity contribution is 0.0594. The van der Waals surface area contributed by atoms with E-state index in [1.165, 1.54) is 7.11 Å². The van der Waals surface area contributed by atoms with Gasteiger partial charge >= 0.3 is 5.97 Å². The Morgan fingerprint density at radius 2 is 1.81 bits per heavy atom. The first-order chi connectivity index (χ1) is 7.40. The lowest BCUT2D eigenvalue weighted by Crippen LogP contribution is -2.14. The molecule has 0 bridgehead atoms. The number of methoxy groups -OCH3 is 1. The molecule has 0 fully saturated rings. The van der Waals surface area contributed by atoms with Crippen LogP contribution in [0.2, 0.25) is 15.2 Å². The molecule has 1 rings (SSSR count). The van der Waals surface area contributed by atoms with Gasteiger partial charge in [0.05, 0.1) is 17.8 Å². The summed E-state index contributed by atoms with van der Waals surface area (Å²) in [5.41, 5.74) is 0.381. The third kappa shape index (κ3) is 2.34. The summed E-state index contributed by atoms with van der Waals surface area (Å²) >= 11 is 17.7. The molecule has 0 saturated carbocycles. The number of rotatable bonds is 2. The first-order valence-electron chi connectivity index (χ1n) is 4.20. The van der Waals surface area contributed by atoms with Crippen LogP contribution in [0.4, 0.5) is 5.69 Å². The van der Waals surface area contributed by atoms with Gasteiger partial charge in [0.15, 0.2) is 10.8 Å². The number of hydrogen-bond acceptors (Lipinski definition) is 4. The third-order valence-electron chi connectivity index (χ3n) is 1.84. The monoisotopic (exact) mass is 282 g/mol. The van der Waals surface area contributed by atoms with Crippen LogP contribution in [0.1, 0.15) is 10.5 Å². The van der Waals surface area contributed by atoms with Crippen molar-refractivity contribution in [1.82, 2.24) is 4.98 Å². The highest BCUT2D eigenvalue weighted by Gasteiger charge is 2.22. The number of aromatic nitrogens is 1. The molecule has 4 nitrogen and oxygen atoms in total. The predicted molar refractivity (Wildman–Crippen MR) is 64.9 cm³/mol. The van der Waals surface area contributed by atoms with Crippen LogP contribution < -0.4 is 4.90 Å². The number of ether oxygens (including phenoxy) is 1. The summed E-state index contributed by atoms with van der Waals surface area (Å²) in [6.07, 6.45) is 0. The van der Waals surface area contributed by atoms with Crippen LogP contribution in [0.3, 0.4) is 0 Å². The second kappa shape index (κ2) is 5.08. The predicted octanol–water partition coefficient (Wildman–Crippen LogP) is 2.89. The van der Waals surface area contributed by atoms with Crippen LogP contribution in [0, 0.1) is 0 Å². The summed E-state index contributed by atoms with van der Waals surface area (Å²) in [7, 11) is 4.69. The number of esters is 1. The van der Waals surface area contributed by atoms with Gasteiger partial charge in [-0.05, 0) is 0 Å². The Hall–Kier alpha value is -0.710. The molecular weight excluding hydrogens is 274 g/mol. The molecule has 0 N–H and O–H groups in total. The number of halogens is 3. The quantitative estimate of drug-likeness (QED) is 0.618. The van der Waals surface area contributed by atoms with Gasteiger partial charge in [0.25, 0.3) is 0 Å². The molecule has 0 amide bonds. The molecule has 1 heterocycles. The van der Waals surface area contributed by atoms with Gasteiger partial charge in [-0.25, -0.2) is 9.78 Å². The van der Waals surface area contributed by atoms with Crippen LogP contribution in [0.15, 0.2) is 0 Å². The van der Waals surface area contributed by atoms with Crippen molar-refractivity contribution in [2.45, 2.75) is 0 Å². The lowest BCUT2D eigenvalue weighted by atomic mass is 10.3. The maximum atomic E-state index is 11.4. The number of nitrogens with zero attached hydrogens (tertiary/aromatic N) is 2.